The number of hydrogen-bond donors (Lipinski definition) is 1. The van der Waals surface area contributed by atoms with Crippen LogP contribution in [0.1, 0.15) is 31.7 Å². The highest BCUT2D eigenvalue weighted by atomic mass is 19.1. The van der Waals surface area contributed by atoms with Gasteiger partial charge < -0.3 is 5.32 Å². The zero-order valence-electron chi connectivity index (χ0n) is 10.2. The van der Waals surface area contributed by atoms with Crippen molar-refractivity contribution >= 4 is 0 Å². The van der Waals surface area contributed by atoms with Crippen molar-refractivity contribution in [3.8, 4) is 0 Å². The lowest BCUT2D eigenvalue weighted by molar-refractivity contribution is 0.448. The molecule has 17 heavy (non-hydrogen) atoms. The molecule has 1 nitrogen and oxygen atoms in total. The maximum Gasteiger partial charge on any atom is 0.126 e. The van der Waals surface area contributed by atoms with Crippen LogP contribution in [-0.2, 0) is 6.42 Å². The molecular weight excluding hydrogens is 220 g/mol. The fourth-order valence-electron chi connectivity index (χ4n) is 1.99. The van der Waals surface area contributed by atoms with Gasteiger partial charge in [0.2, 0.25) is 0 Å². The molecule has 1 aromatic carbocycles. The zero-order valence-corrected chi connectivity index (χ0v) is 10.2. The Morgan fingerprint density at radius 1 is 1.35 bits per heavy atom. The molecule has 0 radical (unpaired) electrons. The third kappa shape index (κ3) is 3.77. The average Bonchev–Trinajstić information content (AvgIpc) is 3.12. The van der Waals surface area contributed by atoms with E-state index in [1.54, 1.807) is 0 Å². The molecule has 1 N–H and O–H groups in total. The zero-order chi connectivity index (χ0) is 12.3. The molecule has 0 saturated heterocycles. The first-order chi connectivity index (χ1) is 8.19. The highest BCUT2D eigenvalue weighted by Gasteiger charge is 2.21. The lowest BCUT2D eigenvalue weighted by atomic mass is 9.96. The molecule has 1 aliphatic carbocycles. The van der Waals surface area contributed by atoms with Gasteiger partial charge in [0.1, 0.15) is 11.6 Å². The van der Waals surface area contributed by atoms with Gasteiger partial charge in [-0.15, -0.1) is 0 Å². The van der Waals surface area contributed by atoms with Gasteiger partial charge in [-0.25, -0.2) is 8.78 Å². The van der Waals surface area contributed by atoms with Crippen molar-refractivity contribution in [2.24, 2.45) is 5.92 Å². The number of hydrogen-bond acceptors (Lipinski definition) is 1. The molecule has 94 valence electrons. The Balaban J connectivity index is 1.93. The number of rotatable bonds is 6. The van der Waals surface area contributed by atoms with E-state index < -0.39 is 0 Å². The third-order valence-corrected chi connectivity index (χ3v) is 3.37. The summed E-state index contributed by atoms with van der Waals surface area (Å²) < 4.78 is 26.5. The highest BCUT2D eigenvalue weighted by molar-refractivity contribution is 5.19. The van der Waals surface area contributed by atoms with Crippen molar-refractivity contribution in [2.45, 2.75) is 38.6 Å². The van der Waals surface area contributed by atoms with Crippen LogP contribution in [0.4, 0.5) is 8.78 Å². The summed E-state index contributed by atoms with van der Waals surface area (Å²) in [6.07, 6.45) is 4.10. The van der Waals surface area contributed by atoms with Crippen molar-refractivity contribution in [2.75, 3.05) is 6.54 Å². The second-order valence-corrected chi connectivity index (χ2v) is 4.90. The number of halogens is 2. The first kappa shape index (κ1) is 12.5. The quantitative estimate of drug-likeness (QED) is 0.803. The van der Waals surface area contributed by atoms with Crippen LogP contribution in [0, 0.1) is 17.6 Å². The van der Waals surface area contributed by atoms with Crippen molar-refractivity contribution in [3.05, 3.63) is 35.4 Å². The summed E-state index contributed by atoms with van der Waals surface area (Å²) >= 11 is 0. The van der Waals surface area contributed by atoms with E-state index in [1.807, 2.05) is 0 Å². The van der Waals surface area contributed by atoms with Gasteiger partial charge in [0.25, 0.3) is 0 Å². The number of benzene rings is 1. The molecule has 1 fully saturated rings. The van der Waals surface area contributed by atoms with Crippen LogP contribution >= 0.6 is 0 Å². The Hall–Kier alpha value is -0.960. The van der Waals surface area contributed by atoms with E-state index in [1.165, 1.54) is 31.0 Å². The van der Waals surface area contributed by atoms with E-state index in [4.69, 9.17) is 0 Å². The van der Waals surface area contributed by atoms with Gasteiger partial charge in [-0.2, -0.15) is 0 Å². The third-order valence-electron chi connectivity index (χ3n) is 3.37. The van der Waals surface area contributed by atoms with Crippen molar-refractivity contribution < 1.29 is 8.78 Å². The predicted octanol–water partition coefficient (Wildman–Crippen LogP) is 3.29. The monoisotopic (exact) mass is 239 g/mol. The van der Waals surface area contributed by atoms with Crippen molar-refractivity contribution in [3.63, 3.8) is 0 Å². The van der Waals surface area contributed by atoms with E-state index in [0.29, 0.717) is 23.9 Å². The molecule has 0 bridgehead atoms. The maximum atomic E-state index is 13.5. The Bertz CT molecular complexity index is 374. The van der Waals surface area contributed by atoms with Gasteiger partial charge in [0.15, 0.2) is 0 Å². The lowest BCUT2D eigenvalue weighted by Gasteiger charge is -2.16. The molecule has 0 aliphatic heterocycles. The molecule has 0 amide bonds. The molecule has 3 heteroatoms. The Morgan fingerprint density at radius 2 is 2.12 bits per heavy atom. The van der Waals surface area contributed by atoms with E-state index in [9.17, 15) is 8.78 Å². The SMILES string of the molecule is CCC(CNC1CC1)Cc1cc(F)ccc1F. The highest BCUT2D eigenvalue weighted by Crippen LogP contribution is 2.21. The van der Waals surface area contributed by atoms with Crippen LogP contribution in [0.3, 0.4) is 0 Å². The molecule has 1 aromatic rings. The normalized spacial score (nSPS) is 17.1. The fraction of sp³-hybridized carbons (Fsp3) is 0.571. The van der Waals surface area contributed by atoms with Gasteiger partial charge >= 0.3 is 0 Å². The fourth-order valence-corrected chi connectivity index (χ4v) is 1.99. The van der Waals surface area contributed by atoms with E-state index >= 15 is 0 Å². The van der Waals surface area contributed by atoms with Crippen LogP contribution in [0.5, 0.6) is 0 Å². The Morgan fingerprint density at radius 3 is 2.76 bits per heavy atom. The van der Waals surface area contributed by atoms with Gasteiger partial charge in [-0.3, -0.25) is 0 Å². The van der Waals surface area contributed by atoms with Crippen LogP contribution in [-0.4, -0.2) is 12.6 Å². The topological polar surface area (TPSA) is 12.0 Å². The largest absolute Gasteiger partial charge is 0.314 e. The van der Waals surface area contributed by atoms with Gasteiger partial charge in [0.05, 0.1) is 0 Å². The molecule has 1 aliphatic rings. The molecule has 1 unspecified atom stereocenters. The minimum absolute atomic E-state index is 0.295. The molecule has 0 heterocycles. The lowest BCUT2D eigenvalue weighted by Crippen LogP contribution is -2.25. The second kappa shape index (κ2) is 5.58. The van der Waals surface area contributed by atoms with E-state index in [0.717, 1.165) is 13.0 Å². The van der Waals surface area contributed by atoms with Crippen LogP contribution in [0.2, 0.25) is 0 Å². The Labute approximate surface area is 101 Å². The summed E-state index contributed by atoms with van der Waals surface area (Å²) in [4.78, 5) is 0. The Kier molecular flexibility index (Phi) is 4.11. The van der Waals surface area contributed by atoms with Crippen LogP contribution in [0.15, 0.2) is 18.2 Å². The summed E-state index contributed by atoms with van der Waals surface area (Å²) in [5.74, 6) is -0.269. The van der Waals surface area contributed by atoms with Crippen LogP contribution in [0.25, 0.3) is 0 Å². The summed E-state index contributed by atoms with van der Waals surface area (Å²) in [7, 11) is 0. The average molecular weight is 239 g/mol. The van der Waals surface area contributed by atoms with E-state index in [-0.39, 0.29) is 11.6 Å². The van der Waals surface area contributed by atoms with Crippen molar-refractivity contribution in [1.29, 1.82) is 0 Å². The molecule has 1 saturated carbocycles. The first-order valence-corrected chi connectivity index (χ1v) is 6.36. The summed E-state index contributed by atoms with van der Waals surface area (Å²) in [6, 6.07) is 4.37. The second-order valence-electron chi connectivity index (χ2n) is 4.90. The molecule has 0 aromatic heterocycles. The maximum absolute atomic E-state index is 13.5. The van der Waals surface area contributed by atoms with Gasteiger partial charge in [0, 0.05) is 6.04 Å². The predicted molar refractivity (Wildman–Crippen MR) is 64.9 cm³/mol. The minimum atomic E-state index is -0.355. The van der Waals surface area contributed by atoms with Gasteiger partial charge in [-0.1, -0.05) is 13.3 Å². The van der Waals surface area contributed by atoms with E-state index in [2.05, 4.69) is 12.2 Å². The smallest absolute Gasteiger partial charge is 0.126 e. The summed E-state index contributed by atoms with van der Waals surface area (Å²) in [5.41, 5.74) is 0.495. The van der Waals surface area contributed by atoms with Gasteiger partial charge in [-0.05, 0) is 55.5 Å². The minimum Gasteiger partial charge on any atom is -0.314 e. The molecule has 1 atom stereocenters. The van der Waals surface area contributed by atoms with Crippen LogP contribution < -0.4 is 5.32 Å². The molecule has 2 rings (SSSR count). The molecule has 0 spiro atoms. The standard InChI is InChI=1S/C14H19F2N/c1-2-10(9-17-13-4-5-13)7-11-8-12(15)3-6-14(11)16/h3,6,8,10,13,17H,2,4-5,7,9H2,1H3. The van der Waals surface area contributed by atoms with Crippen molar-refractivity contribution in [1.82, 2.24) is 5.32 Å². The summed E-state index contributed by atoms with van der Waals surface area (Å²) in [5, 5.41) is 3.45. The first-order valence-electron chi connectivity index (χ1n) is 6.36. The summed E-state index contributed by atoms with van der Waals surface area (Å²) in [6.45, 7) is 2.99. The number of nitrogens with one attached hydrogen (secondary N) is 1. The molecular formula is C14H19F2N.